The number of halogens is 2. The van der Waals surface area contributed by atoms with Crippen molar-refractivity contribution >= 4 is 52.7 Å². The molecule has 1 rings (SSSR count). The van der Waals surface area contributed by atoms with Gasteiger partial charge in [0.1, 0.15) is 13.2 Å². The van der Waals surface area contributed by atoms with Gasteiger partial charge < -0.3 is 28.8 Å². The predicted octanol–water partition coefficient (Wildman–Crippen LogP) is 7.76. The number of rotatable bonds is 19. The first-order valence-corrected chi connectivity index (χ1v) is 20.5. The maximum atomic E-state index is 11.0. The minimum absolute atomic E-state index is 0.0451. The topological polar surface area (TPSA) is 135 Å². The third-order valence-corrected chi connectivity index (χ3v) is 7.60. The summed E-state index contributed by atoms with van der Waals surface area (Å²) in [7, 11) is 0. The number of aliphatic hydroxyl groups excluding tert-OH is 1. The summed E-state index contributed by atoms with van der Waals surface area (Å²) in [5.41, 5.74) is 2.64. The van der Waals surface area contributed by atoms with Crippen molar-refractivity contribution in [3.05, 3.63) is 84.5 Å². The lowest BCUT2D eigenvalue weighted by Gasteiger charge is -2.09. The zero-order valence-corrected chi connectivity index (χ0v) is 32.6. The van der Waals surface area contributed by atoms with E-state index in [9.17, 15) is 19.2 Å². The molecule has 278 valence electrons. The molecule has 0 radical (unpaired) electrons. The van der Waals surface area contributed by atoms with Gasteiger partial charge in [0.05, 0.1) is 19.8 Å². The van der Waals surface area contributed by atoms with E-state index in [0.717, 1.165) is 37.5 Å². The Morgan fingerprint density at radius 2 is 1.08 bits per heavy atom. The maximum absolute atomic E-state index is 11.0. The van der Waals surface area contributed by atoms with Gasteiger partial charge in [0.25, 0.3) is 0 Å². The van der Waals surface area contributed by atoms with Crippen LogP contribution in [0.3, 0.4) is 0 Å². The number of hydrogen-bond acceptors (Lipinski definition) is 10. The molecule has 1 aromatic rings. The van der Waals surface area contributed by atoms with Gasteiger partial charge in [-0.25, -0.2) is 19.2 Å². The lowest BCUT2D eigenvalue weighted by molar-refractivity contribution is -0.141. The Morgan fingerprint density at radius 3 is 1.49 bits per heavy atom. The van der Waals surface area contributed by atoms with Crippen molar-refractivity contribution in [3.8, 4) is 0 Å². The summed E-state index contributed by atoms with van der Waals surface area (Å²) in [5.74, 6) is -1.44. The van der Waals surface area contributed by atoms with Crippen molar-refractivity contribution in [2.24, 2.45) is 0 Å². The third-order valence-electron chi connectivity index (χ3n) is 5.24. The normalized spacial score (nSPS) is 9.82. The van der Waals surface area contributed by atoms with Crippen LogP contribution in [0.2, 0.25) is 12.6 Å². The molecule has 0 fully saturated rings. The van der Waals surface area contributed by atoms with Crippen molar-refractivity contribution in [1.82, 2.24) is 0 Å². The fourth-order valence-electron chi connectivity index (χ4n) is 2.53. The summed E-state index contributed by atoms with van der Waals surface area (Å²) < 4.78 is 24.5. The van der Waals surface area contributed by atoms with Crippen LogP contribution in [0.25, 0.3) is 0 Å². The highest BCUT2D eigenvalue weighted by Crippen LogP contribution is 2.21. The zero-order valence-electron chi connectivity index (χ0n) is 30.1. The first-order chi connectivity index (χ1) is 22.9. The molecule has 0 unspecified atom stereocenters. The molecule has 10 nitrogen and oxygen atoms in total. The fraction of sp³-hybridized carbons (Fsp3) is 0.500. The average molecular weight is 748 g/mol. The van der Waals surface area contributed by atoms with E-state index < -0.39 is 12.7 Å². The van der Waals surface area contributed by atoms with Crippen LogP contribution < -0.4 is 0 Å². The minimum Gasteiger partial charge on any atom is -0.462 e. The first kappa shape index (κ1) is 50.2. The van der Waals surface area contributed by atoms with Crippen molar-refractivity contribution in [2.45, 2.75) is 79.5 Å². The minimum atomic E-state index is -2.03. The van der Waals surface area contributed by atoms with Crippen LogP contribution >= 0.6 is 22.2 Å². The van der Waals surface area contributed by atoms with Gasteiger partial charge >= 0.3 is 23.9 Å². The molecule has 0 spiro atoms. The molecule has 1 aromatic carbocycles. The highest BCUT2D eigenvalue weighted by Gasteiger charge is 2.20. The van der Waals surface area contributed by atoms with Gasteiger partial charge in [-0.1, -0.05) is 70.0 Å². The Kier molecular flexibility index (Phi) is 32.8. The molecule has 1 N–H and O–H groups in total. The maximum Gasteiger partial charge on any atom is 0.333 e. The van der Waals surface area contributed by atoms with Crippen molar-refractivity contribution in [2.75, 3.05) is 39.6 Å². The third kappa shape index (κ3) is 37.4. The Bertz CT molecular complexity index is 1150. The number of ether oxygens (including phenoxy) is 5. The van der Waals surface area contributed by atoms with Crippen LogP contribution in [0, 0.1) is 0 Å². The number of unbranched alkanes of at least 4 members (excludes halogenated alkanes) is 1. The molecule has 0 saturated heterocycles. The summed E-state index contributed by atoms with van der Waals surface area (Å²) in [6, 6.07) is 10.3. The van der Waals surface area contributed by atoms with Crippen molar-refractivity contribution in [3.63, 3.8) is 0 Å². The molecule has 0 atom stereocenters. The van der Waals surface area contributed by atoms with Crippen LogP contribution in [0.1, 0.15) is 65.9 Å². The second-order valence-corrected chi connectivity index (χ2v) is 19.0. The second-order valence-electron chi connectivity index (χ2n) is 10.8. The van der Waals surface area contributed by atoms with Gasteiger partial charge in [-0.3, -0.25) is 0 Å². The summed E-state index contributed by atoms with van der Waals surface area (Å²) in [5, 5.41) is 8.30. The van der Waals surface area contributed by atoms with Crippen LogP contribution in [0.5, 0.6) is 0 Å². The fourth-order valence-corrected chi connectivity index (χ4v) is 4.10. The van der Waals surface area contributed by atoms with Gasteiger partial charge in [-0.05, 0) is 58.7 Å². The molecular formula is C36H56Cl2O10Si. The van der Waals surface area contributed by atoms with Gasteiger partial charge in [0, 0.05) is 41.9 Å². The number of carbonyl (C=O) groups is 4. The molecule has 0 aliphatic rings. The van der Waals surface area contributed by atoms with Gasteiger partial charge in [0.15, 0.2) is 0 Å². The SMILES string of the molecule is C=C(C)C(=O)OCCCO.C=C(C)C(=O)OCCC[Si](C)(Cl)Cl.C=C(C)C(=O)OCCOCCCC.C=C(C)C(=O)OCc1ccccc1. The van der Waals surface area contributed by atoms with Crippen molar-refractivity contribution < 1.29 is 48.0 Å². The zero-order chi connectivity index (χ0) is 38.3. The lowest BCUT2D eigenvalue weighted by Crippen LogP contribution is -2.14. The molecule has 0 saturated carbocycles. The summed E-state index contributed by atoms with van der Waals surface area (Å²) in [4.78, 5) is 43.4. The van der Waals surface area contributed by atoms with Crippen LogP contribution in [-0.2, 0) is 49.5 Å². The average Bonchev–Trinajstić information content (AvgIpc) is 3.04. The Hall–Kier alpha value is -3.22. The van der Waals surface area contributed by atoms with E-state index in [1.165, 1.54) is 0 Å². The Morgan fingerprint density at radius 1 is 0.653 bits per heavy atom. The molecule has 13 heteroatoms. The van der Waals surface area contributed by atoms with E-state index >= 15 is 0 Å². The predicted molar refractivity (Wildman–Crippen MR) is 199 cm³/mol. The van der Waals surface area contributed by atoms with E-state index in [1.54, 1.807) is 27.7 Å². The molecule has 0 amide bonds. The highest BCUT2D eigenvalue weighted by atomic mass is 35.7. The first-order valence-electron chi connectivity index (χ1n) is 15.8. The van der Waals surface area contributed by atoms with Crippen molar-refractivity contribution in [1.29, 1.82) is 0 Å². The molecule has 0 aromatic heterocycles. The summed E-state index contributed by atoms with van der Waals surface area (Å²) in [6.45, 7) is 24.7. The number of benzene rings is 1. The molecular weight excluding hydrogens is 691 g/mol. The van der Waals surface area contributed by atoms with Crippen LogP contribution in [-0.4, -0.2) is 75.3 Å². The standard InChI is InChI=1S/C11H12O2.C10H18O3.C8H14Cl2O2Si.C7H12O3/c1-9(2)11(12)13-8-10-6-4-3-5-7-10;1-4-5-6-12-7-8-13-10(11)9(2)3;1-7(2)8(11)12-5-4-6-13(3,9)10;1-6(2)7(9)10-5-3-4-8/h3-7H,1,8H2,2H3;2,4-8H2,1,3H3;1,4-6H2,2-3H3;8H,1,3-5H2,2H3. The van der Waals surface area contributed by atoms with E-state index in [-0.39, 0.29) is 31.1 Å². The number of esters is 4. The summed E-state index contributed by atoms with van der Waals surface area (Å²) in [6.07, 6.45) is 3.37. The lowest BCUT2D eigenvalue weighted by atomic mass is 10.2. The second kappa shape index (κ2) is 32.0. The number of hydrogen-bond donors (Lipinski definition) is 1. The molecule has 0 bridgehead atoms. The smallest absolute Gasteiger partial charge is 0.333 e. The molecule has 49 heavy (non-hydrogen) atoms. The highest BCUT2D eigenvalue weighted by molar-refractivity contribution is 7.44. The van der Waals surface area contributed by atoms with Gasteiger partial charge in [-0.15, -0.1) is 22.2 Å². The largest absolute Gasteiger partial charge is 0.462 e. The van der Waals surface area contributed by atoms with E-state index in [0.29, 0.717) is 55.1 Å². The summed E-state index contributed by atoms with van der Waals surface area (Å²) >= 11 is 11.7. The quantitative estimate of drug-likeness (QED) is 0.0374. The molecule has 0 aliphatic carbocycles. The van der Waals surface area contributed by atoms with E-state index in [1.807, 2.05) is 36.9 Å². The van der Waals surface area contributed by atoms with Gasteiger partial charge in [0.2, 0.25) is 6.69 Å². The molecule has 0 aliphatic heterocycles. The van der Waals surface area contributed by atoms with Gasteiger partial charge in [-0.2, -0.15) is 0 Å². The van der Waals surface area contributed by atoms with E-state index in [2.05, 4.69) is 38.0 Å². The molecule has 0 heterocycles. The van der Waals surface area contributed by atoms with Crippen LogP contribution in [0.15, 0.2) is 78.9 Å². The number of aliphatic hydroxyl groups is 1. The Labute approximate surface area is 303 Å². The van der Waals surface area contributed by atoms with E-state index in [4.69, 9.17) is 46.2 Å². The van der Waals surface area contributed by atoms with Crippen LogP contribution in [0.4, 0.5) is 0 Å². The monoisotopic (exact) mass is 746 g/mol. The number of carbonyl (C=O) groups excluding carboxylic acids is 4. The Balaban J connectivity index is -0.000000579.